The molecule has 5 heteroatoms. The van der Waals surface area contributed by atoms with Crippen molar-refractivity contribution in [3.63, 3.8) is 0 Å². The van der Waals surface area contributed by atoms with Crippen molar-refractivity contribution in [2.45, 2.75) is 32.7 Å². The summed E-state index contributed by atoms with van der Waals surface area (Å²) in [5.41, 5.74) is 0.549. The number of nitrogens with zero attached hydrogens (tertiary/aromatic N) is 2. The van der Waals surface area contributed by atoms with Gasteiger partial charge in [-0.3, -0.25) is 4.79 Å². The third-order valence-corrected chi connectivity index (χ3v) is 3.39. The highest BCUT2D eigenvalue weighted by molar-refractivity contribution is 5.78. The fraction of sp³-hybridized carbons (Fsp3) is 0.500. The predicted octanol–water partition coefficient (Wildman–Crippen LogP) is 1.95. The van der Waals surface area contributed by atoms with Gasteiger partial charge in [0.15, 0.2) is 6.61 Å². The normalized spacial score (nSPS) is 10.2. The largest absolute Gasteiger partial charge is 0.484 e. The van der Waals surface area contributed by atoms with E-state index in [-0.39, 0.29) is 25.2 Å². The molecule has 0 bridgehead atoms. The van der Waals surface area contributed by atoms with Crippen molar-refractivity contribution in [1.82, 2.24) is 4.90 Å². The first-order valence-electron chi connectivity index (χ1n) is 7.19. The number of aliphatic hydroxyl groups is 1. The third-order valence-electron chi connectivity index (χ3n) is 3.39. The molecule has 0 radical (unpaired) electrons. The molecule has 0 heterocycles. The number of carbonyl (C=O) groups excluding carboxylic acids is 1. The van der Waals surface area contributed by atoms with Crippen LogP contribution in [0.1, 0.15) is 32.3 Å². The van der Waals surface area contributed by atoms with Crippen LogP contribution in [0.15, 0.2) is 24.3 Å². The Hall–Kier alpha value is -2.06. The molecule has 5 nitrogen and oxygen atoms in total. The lowest BCUT2D eigenvalue weighted by Gasteiger charge is -2.29. The molecule has 1 amide bonds. The number of hydrogen-bond acceptors (Lipinski definition) is 4. The summed E-state index contributed by atoms with van der Waals surface area (Å²) >= 11 is 0. The van der Waals surface area contributed by atoms with Crippen LogP contribution in [-0.2, 0) is 4.79 Å². The van der Waals surface area contributed by atoms with Crippen molar-refractivity contribution < 1.29 is 14.6 Å². The van der Waals surface area contributed by atoms with Crippen molar-refractivity contribution in [2.24, 2.45) is 0 Å². The predicted molar refractivity (Wildman–Crippen MR) is 79.8 cm³/mol. The van der Waals surface area contributed by atoms with E-state index in [9.17, 15) is 4.79 Å². The highest BCUT2D eigenvalue weighted by Gasteiger charge is 2.20. The van der Waals surface area contributed by atoms with Gasteiger partial charge in [0.05, 0.1) is 18.2 Å². The number of carbonyl (C=O) groups is 1. The van der Waals surface area contributed by atoms with Crippen molar-refractivity contribution in [3.05, 3.63) is 29.8 Å². The molecule has 1 rings (SSSR count). The molecule has 0 fully saturated rings. The summed E-state index contributed by atoms with van der Waals surface area (Å²) in [5.74, 6) is 0.415. The van der Waals surface area contributed by atoms with E-state index in [0.29, 0.717) is 17.9 Å². The topological polar surface area (TPSA) is 73.6 Å². The Morgan fingerprint density at radius 1 is 1.33 bits per heavy atom. The van der Waals surface area contributed by atoms with E-state index in [1.165, 1.54) is 0 Å². The molecule has 0 unspecified atom stereocenters. The third kappa shape index (κ3) is 5.09. The lowest BCUT2D eigenvalue weighted by atomic mass is 10.1. The quantitative estimate of drug-likeness (QED) is 0.794. The molecule has 0 saturated heterocycles. The first kappa shape index (κ1) is 17.0. The molecule has 1 N–H and O–H groups in total. The van der Waals surface area contributed by atoms with E-state index >= 15 is 0 Å². The summed E-state index contributed by atoms with van der Waals surface area (Å²) in [6.07, 6.45) is 1.69. The number of hydrogen-bond donors (Lipinski definition) is 1. The van der Waals surface area contributed by atoms with E-state index in [2.05, 4.69) is 0 Å². The van der Waals surface area contributed by atoms with Crippen LogP contribution in [0.5, 0.6) is 5.75 Å². The Bertz CT molecular complexity index is 475. The van der Waals surface area contributed by atoms with E-state index in [4.69, 9.17) is 15.1 Å². The van der Waals surface area contributed by atoms with Crippen LogP contribution in [-0.4, -0.2) is 41.7 Å². The zero-order valence-electron chi connectivity index (χ0n) is 12.6. The summed E-state index contributed by atoms with van der Waals surface area (Å²) in [5, 5.41) is 17.8. The SMILES string of the molecule is CCC(CC)N(CCO)C(=O)COc1ccc(C#N)cc1. The number of nitriles is 1. The van der Waals surface area contributed by atoms with E-state index in [1.807, 2.05) is 19.9 Å². The molecule has 21 heavy (non-hydrogen) atoms. The van der Waals surface area contributed by atoms with Crippen LogP contribution < -0.4 is 4.74 Å². The first-order valence-corrected chi connectivity index (χ1v) is 7.19. The zero-order chi connectivity index (χ0) is 15.7. The number of benzene rings is 1. The van der Waals surface area contributed by atoms with Gasteiger partial charge in [0, 0.05) is 12.6 Å². The Morgan fingerprint density at radius 2 is 1.95 bits per heavy atom. The minimum atomic E-state index is -0.137. The molecular weight excluding hydrogens is 268 g/mol. The Balaban J connectivity index is 2.62. The fourth-order valence-electron chi connectivity index (χ4n) is 2.20. The molecule has 0 atom stereocenters. The highest BCUT2D eigenvalue weighted by Crippen LogP contribution is 2.13. The number of ether oxygens (including phenoxy) is 1. The standard InChI is InChI=1S/C16H22N2O3/c1-3-14(4-2)18(9-10-19)16(20)12-21-15-7-5-13(11-17)6-8-15/h5-8,14,19H,3-4,9-10,12H2,1-2H3. The summed E-state index contributed by atoms with van der Waals surface area (Å²) in [6, 6.07) is 8.77. The Labute approximate surface area is 125 Å². The van der Waals surface area contributed by atoms with Gasteiger partial charge in [-0.2, -0.15) is 5.26 Å². The van der Waals surface area contributed by atoms with Crippen molar-refractivity contribution in [3.8, 4) is 11.8 Å². The zero-order valence-corrected chi connectivity index (χ0v) is 12.6. The van der Waals surface area contributed by atoms with Gasteiger partial charge in [-0.25, -0.2) is 0 Å². The Kier molecular flexibility index (Phi) is 7.27. The number of amides is 1. The van der Waals surface area contributed by atoms with Crippen LogP contribution >= 0.6 is 0 Å². The van der Waals surface area contributed by atoms with Gasteiger partial charge in [-0.15, -0.1) is 0 Å². The van der Waals surface area contributed by atoms with Crippen molar-refractivity contribution in [2.75, 3.05) is 19.8 Å². The van der Waals surface area contributed by atoms with Crippen LogP contribution in [0, 0.1) is 11.3 Å². The van der Waals surface area contributed by atoms with Gasteiger partial charge in [0.2, 0.25) is 0 Å². The number of rotatable bonds is 8. The average molecular weight is 290 g/mol. The van der Waals surface area contributed by atoms with Gasteiger partial charge in [-0.05, 0) is 37.1 Å². The Morgan fingerprint density at radius 3 is 2.43 bits per heavy atom. The minimum absolute atomic E-state index is 0.0564. The summed E-state index contributed by atoms with van der Waals surface area (Å²) < 4.78 is 5.45. The maximum Gasteiger partial charge on any atom is 0.260 e. The van der Waals surface area contributed by atoms with Gasteiger partial charge in [0.1, 0.15) is 5.75 Å². The minimum Gasteiger partial charge on any atom is -0.484 e. The summed E-state index contributed by atoms with van der Waals surface area (Å²) in [7, 11) is 0. The second kappa shape index (κ2) is 8.98. The molecule has 1 aromatic rings. The lowest BCUT2D eigenvalue weighted by Crippen LogP contribution is -2.43. The van der Waals surface area contributed by atoms with Gasteiger partial charge < -0.3 is 14.7 Å². The molecule has 0 aliphatic rings. The van der Waals surface area contributed by atoms with Gasteiger partial charge >= 0.3 is 0 Å². The molecule has 0 saturated carbocycles. The first-order chi connectivity index (χ1) is 10.2. The molecule has 0 aliphatic carbocycles. The van der Waals surface area contributed by atoms with Gasteiger partial charge in [0.25, 0.3) is 5.91 Å². The van der Waals surface area contributed by atoms with E-state index in [0.717, 1.165) is 12.8 Å². The molecular formula is C16H22N2O3. The summed E-state index contributed by atoms with van der Waals surface area (Å²) in [6.45, 7) is 4.24. The van der Waals surface area contributed by atoms with E-state index in [1.54, 1.807) is 29.2 Å². The highest BCUT2D eigenvalue weighted by atomic mass is 16.5. The summed E-state index contributed by atoms with van der Waals surface area (Å²) in [4.78, 5) is 13.9. The molecule has 1 aromatic carbocycles. The van der Waals surface area contributed by atoms with Crippen LogP contribution in [0.4, 0.5) is 0 Å². The van der Waals surface area contributed by atoms with Crippen LogP contribution in [0.25, 0.3) is 0 Å². The molecule has 114 valence electrons. The molecule has 0 aliphatic heterocycles. The van der Waals surface area contributed by atoms with Gasteiger partial charge in [-0.1, -0.05) is 13.8 Å². The fourth-order valence-corrected chi connectivity index (χ4v) is 2.20. The van der Waals surface area contributed by atoms with Crippen molar-refractivity contribution >= 4 is 5.91 Å². The monoisotopic (exact) mass is 290 g/mol. The maximum absolute atomic E-state index is 12.2. The van der Waals surface area contributed by atoms with Crippen LogP contribution in [0.2, 0.25) is 0 Å². The lowest BCUT2D eigenvalue weighted by molar-refractivity contribution is -0.136. The molecule has 0 aromatic heterocycles. The van der Waals surface area contributed by atoms with Crippen LogP contribution in [0.3, 0.4) is 0 Å². The van der Waals surface area contributed by atoms with Crippen molar-refractivity contribution in [1.29, 1.82) is 5.26 Å². The molecule has 0 spiro atoms. The van der Waals surface area contributed by atoms with E-state index < -0.39 is 0 Å². The second-order valence-corrected chi connectivity index (χ2v) is 4.71. The maximum atomic E-state index is 12.2. The average Bonchev–Trinajstić information content (AvgIpc) is 2.53. The smallest absolute Gasteiger partial charge is 0.260 e. The number of aliphatic hydroxyl groups excluding tert-OH is 1. The second-order valence-electron chi connectivity index (χ2n) is 4.71.